The number of phenols is 1. The van der Waals surface area contributed by atoms with Crippen LogP contribution in [0.2, 0.25) is 0 Å². The Labute approximate surface area is 218 Å². The summed E-state index contributed by atoms with van der Waals surface area (Å²) in [7, 11) is 0. The van der Waals surface area contributed by atoms with E-state index in [1.165, 1.54) is 36.5 Å². The molecular weight excluding hydrogens is 513 g/mol. The summed E-state index contributed by atoms with van der Waals surface area (Å²) >= 11 is 0. The van der Waals surface area contributed by atoms with E-state index in [9.17, 15) is 23.1 Å². The second-order valence-corrected chi connectivity index (χ2v) is 8.36. The molecule has 5 aromatic rings. The number of fused-ring (bicyclic) bond motifs is 1. The highest BCUT2D eigenvalue weighted by Gasteiger charge is 2.31. The van der Waals surface area contributed by atoms with E-state index < -0.39 is 17.6 Å². The molecular formula is C27H17F3N6O3. The van der Waals surface area contributed by atoms with Crippen LogP contribution in [0, 0.1) is 11.3 Å². The van der Waals surface area contributed by atoms with E-state index in [-0.39, 0.29) is 40.7 Å². The number of amides is 1. The first-order chi connectivity index (χ1) is 18.7. The van der Waals surface area contributed by atoms with Gasteiger partial charge in [0.2, 0.25) is 0 Å². The van der Waals surface area contributed by atoms with Crippen LogP contribution in [0.5, 0.6) is 5.75 Å². The van der Waals surface area contributed by atoms with E-state index in [1.54, 1.807) is 24.4 Å². The lowest BCUT2D eigenvalue weighted by Gasteiger charge is -2.06. The van der Waals surface area contributed by atoms with Crippen molar-refractivity contribution in [3.05, 3.63) is 101 Å². The molecule has 9 nitrogen and oxygen atoms in total. The van der Waals surface area contributed by atoms with Gasteiger partial charge in [0, 0.05) is 33.8 Å². The van der Waals surface area contributed by atoms with Gasteiger partial charge < -0.3 is 14.2 Å². The van der Waals surface area contributed by atoms with Crippen LogP contribution >= 0.6 is 0 Å². The molecule has 2 heterocycles. The molecule has 0 aliphatic heterocycles. The van der Waals surface area contributed by atoms with Crippen molar-refractivity contribution in [3.8, 4) is 23.3 Å². The Morgan fingerprint density at radius 2 is 1.97 bits per heavy atom. The molecule has 39 heavy (non-hydrogen) atoms. The van der Waals surface area contributed by atoms with Crippen molar-refractivity contribution in [2.24, 2.45) is 5.10 Å². The molecule has 194 valence electrons. The summed E-state index contributed by atoms with van der Waals surface area (Å²) < 4.78 is 46.2. The van der Waals surface area contributed by atoms with Crippen LogP contribution in [0.1, 0.15) is 32.9 Å². The molecule has 0 aliphatic rings. The zero-order valence-corrected chi connectivity index (χ0v) is 19.8. The van der Waals surface area contributed by atoms with Gasteiger partial charge in [0.25, 0.3) is 11.8 Å². The molecule has 0 bridgehead atoms. The van der Waals surface area contributed by atoms with Crippen molar-refractivity contribution < 1.29 is 27.6 Å². The third-order valence-corrected chi connectivity index (χ3v) is 5.81. The molecule has 0 atom stereocenters. The molecule has 0 fully saturated rings. The molecule has 0 spiro atoms. The average Bonchev–Trinajstić information content (AvgIpc) is 3.56. The number of nitrogens with one attached hydrogen (secondary N) is 1. The first-order valence-corrected chi connectivity index (χ1v) is 11.4. The second kappa shape index (κ2) is 10.1. The Bertz CT molecular complexity index is 1760. The summed E-state index contributed by atoms with van der Waals surface area (Å²) in [5.41, 5.74) is 3.38. The fourth-order valence-electron chi connectivity index (χ4n) is 3.91. The van der Waals surface area contributed by atoms with Crippen molar-refractivity contribution in [1.29, 1.82) is 5.26 Å². The summed E-state index contributed by atoms with van der Waals surface area (Å²) in [6, 6.07) is 17.7. The lowest BCUT2D eigenvalue weighted by atomic mass is 10.1. The van der Waals surface area contributed by atoms with Crippen LogP contribution < -0.4 is 5.43 Å². The topological polar surface area (TPSA) is 129 Å². The van der Waals surface area contributed by atoms with E-state index in [0.29, 0.717) is 5.56 Å². The van der Waals surface area contributed by atoms with E-state index >= 15 is 0 Å². The molecule has 2 aromatic heterocycles. The predicted molar refractivity (Wildman–Crippen MR) is 134 cm³/mol. The summed E-state index contributed by atoms with van der Waals surface area (Å²) in [4.78, 5) is 16.6. The molecule has 1 amide bonds. The molecule has 0 unspecified atom stereocenters. The maximum absolute atomic E-state index is 13.0. The van der Waals surface area contributed by atoms with E-state index in [2.05, 4.69) is 20.7 Å². The maximum atomic E-state index is 13.0. The smallest absolute Gasteiger partial charge is 0.416 e. The van der Waals surface area contributed by atoms with Gasteiger partial charge in [-0.25, -0.2) is 5.43 Å². The van der Waals surface area contributed by atoms with Crippen LogP contribution in [0.25, 0.3) is 22.4 Å². The standard InChI is InChI=1S/C27H17F3N6O3/c28-27(29,30)20-5-1-3-17(12-20)26-33-24(35-39-26)15-36-10-9-21-18(4-2-6-22(21)36)14-32-34-25(38)16-7-8-23(37)19(11-16)13-31/h1-12,14,37H,15H2,(H,34,38)/b32-14+. The van der Waals surface area contributed by atoms with Crippen LogP contribution in [-0.4, -0.2) is 31.9 Å². The number of hydrogen-bond acceptors (Lipinski definition) is 7. The largest absolute Gasteiger partial charge is 0.507 e. The number of carbonyl (C=O) groups excluding carboxylic acids is 1. The lowest BCUT2D eigenvalue weighted by molar-refractivity contribution is -0.137. The minimum Gasteiger partial charge on any atom is -0.507 e. The number of hydrazone groups is 1. The third kappa shape index (κ3) is 5.33. The monoisotopic (exact) mass is 530 g/mol. The summed E-state index contributed by atoms with van der Waals surface area (Å²) in [5.74, 6) is -0.522. The van der Waals surface area contributed by atoms with Gasteiger partial charge in [0.05, 0.1) is 23.9 Å². The van der Waals surface area contributed by atoms with Crippen LogP contribution in [0.3, 0.4) is 0 Å². The first kappa shape index (κ1) is 25.2. The maximum Gasteiger partial charge on any atom is 0.416 e. The van der Waals surface area contributed by atoms with Gasteiger partial charge in [0.1, 0.15) is 11.8 Å². The van der Waals surface area contributed by atoms with Crippen molar-refractivity contribution in [2.45, 2.75) is 12.7 Å². The number of phenolic OH excluding ortho intramolecular Hbond substituents is 1. The molecule has 0 saturated carbocycles. The van der Waals surface area contributed by atoms with Gasteiger partial charge >= 0.3 is 6.18 Å². The molecule has 0 aliphatic carbocycles. The number of carbonyl (C=O) groups is 1. The summed E-state index contributed by atoms with van der Waals surface area (Å²) in [5, 5.41) is 27.3. The van der Waals surface area contributed by atoms with Gasteiger partial charge in [-0.15, -0.1) is 0 Å². The SMILES string of the molecule is N#Cc1cc(C(=O)N/N=C/c2cccc3c2ccn3Cc2noc(-c3cccc(C(F)(F)F)c3)n2)ccc1O. The number of halogens is 3. The number of rotatable bonds is 6. The van der Waals surface area contributed by atoms with Crippen molar-refractivity contribution in [2.75, 3.05) is 0 Å². The van der Waals surface area contributed by atoms with Gasteiger partial charge in [-0.05, 0) is 48.5 Å². The van der Waals surface area contributed by atoms with Crippen molar-refractivity contribution in [1.82, 2.24) is 20.1 Å². The summed E-state index contributed by atoms with van der Waals surface area (Å²) in [6.07, 6.45) is -1.23. The van der Waals surface area contributed by atoms with Crippen molar-refractivity contribution >= 4 is 23.0 Å². The van der Waals surface area contributed by atoms with Gasteiger partial charge in [-0.3, -0.25) is 4.79 Å². The van der Waals surface area contributed by atoms with E-state index in [1.807, 2.05) is 16.7 Å². The molecule has 12 heteroatoms. The molecule has 2 N–H and O–H groups in total. The van der Waals surface area contributed by atoms with E-state index in [4.69, 9.17) is 9.78 Å². The van der Waals surface area contributed by atoms with Crippen LogP contribution in [0.4, 0.5) is 13.2 Å². The highest BCUT2D eigenvalue weighted by atomic mass is 19.4. The molecule has 0 saturated heterocycles. The Kier molecular flexibility index (Phi) is 6.56. The Morgan fingerprint density at radius 1 is 1.15 bits per heavy atom. The fraction of sp³-hybridized carbons (Fsp3) is 0.0741. The highest BCUT2D eigenvalue weighted by Crippen LogP contribution is 2.32. The van der Waals surface area contributed by atoms with Gasteiger partial charge in [0.15, 0.2) is 5.82 Å². The molecule has 0 radical (unpaired) electrons. The van der Waals surface area contributed by atoms with Crippen LogP contribution in [0.15, 0.2) is 82.6 Å². The minimum atomic E-state index is -4.49. The zero-order chi connectivity index (χ0) is 27.6. The Balaban J connectivity index is 1.31. The highest BCUT2D eigenvalue weighted by molar-refractivity contribution is 6.00. The Hall–Kier alpha value is -5.44. The normalized spacial score (nSPS) is 11.6. The number of aromatic nitrogens is 3. The number of nitriles is 1. The summed E-state index contributed by atoms with van der Waals surface area (Å²) in [6.45, 7) is 0.200. The van der Waals surface area contributed by atoms with Crippen LogP contribution in [-0.2, 0) is 12.7 Å². The average molecular weight is 530 g/mol. The third-order valence-electron chi connectivity index (χ3n) is 5.81. The zero-order valence-electron chi connectivity index (χ0n) is 19.8. The Morgan fingerprint density at radius 3 is 2.77 bits per heavy atom. The van der Waals surface area contributed by atoms with Crippen molar-refractivity contribution in [3.63, 3.8) is 0 Å². The number of nitrogens with zero attached hydrogens (tertiary/aromatic N) is 5. The van der Waals surface area contributed by atoms with Gasteiger partial charge in [-0.1, -0.05) is 23.4 Å². The number of alkyl halides is 3. The minimum absolute atomic E-state index is 0.0216. The number of benzene rings is 3. The number of aromatic hydroxyl groups is 1. The second-order valence-electron chi connectivity index (χ2n) is 8.36. The molecule has 5 rings (SSSR count). The quantitative estimate of drug-likeness (QED) is 0.232. The fourth-order valence-corrected chi connectivity index (χ4v) is 3.91. The number of hydrogen-bond donors (Lipinski definition) is 2. The lowest BCUT2D eigenvalue weighted by Crippen LogP contribution is -2.17. The van der Waals surface area contributed by atoms with Gasteiger partial charge in [-0.2, -0.15) is 28.5 Å². The predicted octanol–water partition coefficient (Wildman–Crippen LogP) is 5.10. The van der Waals surface area contributed by atoms with E-state index in [0.717, 1.165) is 23.0 Å². The first-order valence-electron chi connectivity index (χ1n) is 11.4. The molecule has 3 aromatic carbocycles.